The Bertz CT molecular complexity index is 530. The van der Waals surface area contributed by atoms with Crippen molar-refractivity contribution in [1.29, 1.82) is 0 Å². The average Bonchev–Trinajstić information content (AvgIpc) is 2.62. The van der Waals surface area contributed by atoms with Crippen LogP contribution < -0.4 is 5.32 Å². The van der Waals surface area contributed by atoms with Gasteiger partial charge in [0.05, 0.1) is 0 Å². The zero-order chi connectivity index (χ0) is 15.4. The Morgan fingerprint density at radius 3 is 2.90 bits per heavy atom. The number of carbonyl (C=O) groups excluding carboxylic acids is 2. The van der Waals surface area contributed by atoms with Crippen molar-refractivity contribution >= 4 is 11.8 Å². The Kier molecular flexibility index (Phi) is 4.94. The molecular weight excluding hydrogens is 266 g/mol. The number of nitrogens with one attached hydrogen (secondary N) is 1. The van der Waals surface area contributed by atoms with Gasteiger partial charge in [-0.15, -0.1) is 0 Å². The van der Waals surface area contributed by atoms with Gasteiger partial charge in [0.15, 0.2) is 0 Å². The molecule has 0 aliphatic carbocycles. The summed E-state index contributed by atoms with van der Waals surface area (Å²) in [4.78, 5) is 30.4. The molecule has 5 nitrogen and oxygen atoms in total. The second-order valence-electron chi connectivity index (χ2n) is 5.74. The van der Waals surface area contributed by atoms with Crippen molar-refractivity contribution in [2.24, 2.45) is 5.92 Å². The van der Waals surface area contributed by atoms with E-state index in [1.807, 2.05) is 26.8 Å². The number of hydrogen-bond acceptors (Lipinski definition) is 3. The van der Waals surface area contributed by atoms with Gasteiger partial charge < -0.3 is 10.2 Å². The molecule has 2 heterocycles. The second kappa shape index (κ2) is 6.70. The molecule has 2 atom stereocenters. The van der Waals surface area contributed by atoms with E-state index in [4.69, 9.17) is 0 Å². The molecule has 0 bridgehead atoms. The molecule has 2 amide bonds. The van der Waals surface area contributed by atoms with Crippen molar-refractivity contribution in [3.8, 4) is 0 Å². The van der Waals surface area contributed by atoms with Crippen molar-refractivity contribution in [3.05, 3.63) is 29.6 Å². The number of carbonyl (C=O) groups is 2. The van der Waals surface area contributed by atoms with Gasteiger partial charge in [0.25, 0.3) is 0 Å². The maximum atomic E-state index is 12.7. The minimum atomic E-state index is -0.410. The highest BCUT2D eigenvalue weighted by Crippen LogP contribution is 2.17. The van der Waals surface area contributed by atoms with E-state index in [0.717, 1.165) is 17.5 Å². The van der Waals surface area contributed by atoms with Gasteiger partial charge in [-0.3, -0.25) is 14.6 Å². The summed E-state index contributed by atoms with van der Waals surface area (Å²) in [5.74, 6) is 0.120. The van der Waals surface area contributed by atoms with Crippen LogP contribution >= 0.6 is 0 Å². The van der Waals surface area contributed by atoms with Crippen LogP contribution in [-0.2, 0) is 16.1 Å². The Hall–Kier alpha value is -1.91. The molecule has 1 aliphatic rings. The van der Waals surface area contributed by atoms with Crippen molar-refractivity contribution in [3.63, 3.8) is 0 Å². The van der Waals surface area contributed by atoms with Crippen molar-refractivity contribution in [2.45, 2.75) is 46.2 Å². The molecule has 1 saturated heterocycles. The first-order valence-corrected chi connectivity index (χ1v) is 7.50. The second-order valence-corrected chi connectivity index (χ2v) is 5.74. The van der Waals surface area contributed by atoms with E-state index >= 15 is 0 Å². The van der Waals surface area contributed by atoms with E-state index < -0.39 is 6.04 Å². The molecule has 1 aliphatic heterocycles. The highest BCUT2D eigenvalue weighted by molar-refractivity contribution is 5.90. The fourth-order valence-corrected chi connectivity index (χ4v) is 2.51. The topological polar surface area (TPSA) is 62.3 Å². The van der Waals surface area contributed by atoms with E-state index in [2.05, 4.69) is 10.3 Å². The SMILES string of the molecule is CCC(C)C1NC(=O)CCN(Cc2ccncc2C)C1=O. The lowest BCUT2D eigenvalue weighted by Gasteiger charge is -2.27. The van der Waals surface area contributed by atoms with Crippen LogP contribution in [-0.4, -0.2) is 34.3 Å². The van der Waals surface area contributed by atoms with Gasteiger partial charge in [0, 0.05) is 31.9 Å². The minimum absolute atomic E-state index is 0.0198. The summed E-state index contributed by atoms with van der Waals surface area (Å²) in [7, 11) is 0. The lowest BCUT2D eigenvalue weighted by atomic mass is 9.98. The highest BCUT2D eigenvalue weighted by Gasteiger charge is 2.32. The Labute approximate surface area is 125 Å². The summed E-state index contributed by atoms with van der Waals surface area (Å²) >= 11 is 0. The quantitative estimate of drug-likeness (QED) is 0.917. The van der Waals surface area contributed by atoms with Gasteiger partial charge in [0.1, 0.15) is 6.04 Å². The molecule has 1 fully saturated rings. The molecule has 0 radical (unpaired) electrons. The number of pyridine rings is 1. The number of aromatic nitrogens is 1. The van der Waals surface area contributed by atoms with E-state index in [-0.39, 0.29) is 17.7 Å². The Balaban J connectivity index is 2.20. The highest BCUT2D eigenvalue weighted by atomic mass is 16.2. The first-order chi connectivity index (χ1) is 10.0. The third-order valence-corrected chi connectivity index (χ3v) is 4.21. The van der Waals surface area contributed by atoms with Crippen LogP contribution in [0.15, 0.2) is 18.5 Å². The van der Waals surface area contributed by atoms with Gasteiger partial charge in [-0.2, -0.15) is 0 Å². The van der Waals surface area contributed by atoms with Crippen LogP contribution in [0.4, 0.5) is 0 Å². The molecule has 0 saturated carbocycles. The Morgan fingerprint density at radius 1 is 1.48 bits per heavy atom. The Morgan fingerprint density at radius 2 is 2.24 bits per heavy atom. The fourth-order valence-electron chi connectivity index (χ4n) is 2.51. The summed E-state index contributed by atoms with van der Waals surface area (Å²) in [5, 5.41) is 2.87. The van der Waals surface area contributed by atoms with Gasteiger partial charge in [-0.1, -0.05) is 20.3 Å². The first-order valence-electron chi connectivity index (χ1n) is 7.50. The predicted molar refractivity (Wildman–Crippen MR) is 80.4 cm³/mol. The van der Waals surface area contributed by atoms with E-state index in [1.54, 1.807) is 17.3 Å². The van der Waals surface area contributed by atoms with Gasteiger partial charge in [0.2, 0.25) is 11.8 Å². The van der Waals surface area contributed by atoms with Crippen molar-refractivity contribution in [1.82, 2.24) is 15.2 Å². The molecule has 21 heavy (non-hydrogen) atoms. The minimum Gasteiger partial charge on any atom is -0.344 e. The number of aryl methyl sites for hydroxylation is 1. The number of rotatable bonds is 4. The maximum Gasteiger partial charge on any atom is 0.245 e. The number of amides is 2. The van der Waals surface area contributed by atoms with E-state index in [9.17, 15) is 9.59 Å². The first kappa shape index (κ1) is 15.5. The summed E-state index contributed by atoms with van der Waals surface area (Å²) in [6.45, 7) is 7.03. The zero-order valence-electron chi connectivity index (χ0n) is 12.9. The molecule has 0 aromatic carbocycles. The smallest absolute Gasteiger partial charge is 0.245 e. The van der Waals surface area contributed by atoms with Gasteiger partial charge in [-0.05, 0) is 30.0 Å². The van der Waals surface area contributed by atoms with Crippen LogP contribution in [0, 0.1) is 12.8 Å². The van der Waals surface area contributed by atoms with Crippen LogP contribution in [0.5, 0.6) is 0 Å². The van der Waals surface area contributed by atoms with Gasteiger partial charge >= 0.3 is 0 Å². The van der Waals surface area contributed by atoms with Crippen LogP contribution in [0.2, 0.25) is 0 Å². The molecule has 2 rings (SSSR count). The molecule has 114 valence electrons. The van der Waals surface area contributed by atoms with Crippen molar-refractivity contribution in [2.75, 3.05) is 6.54 Å². The molecule has 0 spiro atoms. The molecular formula is C16H23N3O2. The molecule has 1 aromatic heterocycles. The number of nitrogens with zero attached hydrogens (tertiary/aromatic N) is 2. The van der Waals surface area contributed by atoms with Crippen LogP contribution in [0.25, 0.3) is 0 Å². The average molecular weight is 289 g/mol. The largest absolute Gasteiger partial charge is 0.344 e. The van der Waals surface area contributed by atoms with E-state index in [1.165, 1.54) is 0 Å². The third kappa shape index (κ3) is 3.60. The third-order valence-electron chi connectivity index (χ3n) is 4.21. The lowest BCUT2D eigenvalue weighted by Crippen LogP contribution is -2.48. The standard InChI is InChI=1S/C16H23N3O2/c1-4-11(2)15-16(21)19(8-6-14(20)18-15)10-13-5-7-17-9-12(13)3/h5,7,9,11,15H,4,6,8,10H2,1-3H3,(H,18,20). The fraction of sp³-hybridized carbons (Fsp3) is 0.562. The zero-order valence-corrected chi connectivity index (χ0v) is 12.9. The lowest BCUT2D eigenvalue weighted by molar-refractivity contribution is -0.135. The summed E-state index contributed by atoms with van der Waals surface area (Å²) in [5.41, 5.74) is 2.14. The molecule has 1 N–H and O–H groups in total. The molecule has 1 aromatic rings. The van der Waals surface area contributed by atoms with Crippen molar-refractivity contribution < 1.29 is 9.59 Å². The summed E-state index contributed by atoms with van der Waals surface area (Å²) in [6.07, 6.45) is 4.76. The van der Waals surface area contributed by atoms with E-state index in [0.29, 0.717) is 19.5 Å². The normalized spacial score (nSPS) is 20.9. The van der Waals surface area contributed by atoms with Gasteiger partial charge in [-0.25, -0.2) is 0 Å². The molecule has 2 unspecified atom stereocenters. The maximum absolute atomic E-state index is 12.7. The predicted octanol–water partition coefficient (Wildman–Crippen LogP) is 1.65. The van der Waals surface area contributed by atoms with Crippen LogP contribution in [0.3, 0.4) is 0 Å². The summed E-state index contributed by atoms with van der Waals surface area (Å²) in [6, 6.07) is 1.52. The molecule has 5 heteroatoms. The number of hydrogen-bond donors (Lipinski definition) is 1. The monoisotopic (exact) mass is 289 g/mol. The summed E-state index contributed by atoms with van der Waals surface area (Å²) < 4.78 is 0. The van der Waals surface area contributed by atoms with Crippen LogP contribution in [0.1, 0.15) is 37.8 Å².